The van der Waals surface area contributed by atoms with Crippen molar-refractivity contribution < 1.29 is 14.6 Å². The third-order valence-electron chi connectivity index (χ3n) is 2.08. The van der Waals surface area contributed by atoms with Crippen molar-refractivity contribution in [3.05, 3.63) is 0 Å². The number of methoxy groups -OCH3 is 1. The Bertz CT molecular complexity index is 108. The molecule has 11 heavy (non-hydrogen) atoms. The molecule has 0 aliphatic heterocycles. The lowest BCUT2D eigenvalue weighted by Crippen LogP contribution is -2.35. The second kappa shape index (κ2) is 4.04. The molecule has 0 aromatic heterocycles. The van der Waals surface area contributed by atoms with Gasteiger partial charge in [0.25, 0.3) is 0 Å². The first kappa shape index (κ1) is 8.97. The quantitative estimate of drug-likeness (QED) is 0.632. The Kier molecular flexibility index (Phi) is 3.30. The van der Waals surface area contributed by atoms with E-state index in [1.54, 1.807) is 7.11 Å². The van der Waals surface area contributed by atoms with Gasteiger partial charge in [-0.05, 0) is 12.8 Å². The minimum absolute atomic E-state index is 0.191. The number of hydrogen-bond acceptors (Lipinski definition) is 3. The van der Waals surface area contributed by atoms with Gasteiger partial charge in [-0.25, -0.2) is 0 Å². The molecule has 1 aliphatic rings. The largest absolute Gasteiger partial charge is 0.365 e. The van der Waals surface area contributed by atoms with Crippen molar-refractivity contribution in [2.24, 2.45) is 0 Å². The van der Waals surface area contributed by atoms with Crippen molar-refractivity contribution in [2.75, 3.05) is 13.9 Å². The summed E-state index contributed by atoms with van der Waals surface area (Å²) in [4.78, 5) is 0. The lowest BCUT2D eigenvalue weighted by Gasteiger charge is -2.31. The summed E-state index contributed by atoms with van der Waals surface area (Å²) in [5, 5.41) is 9.70. The van der Waals surface area contributed by atoms with Gasteiger partial charge in [-0.15, -0.1) is 0 Å². The molecule has 0 amide bonds. The van der Waals surface area contributed by atoms with Crippen molar-refractivity contribution in [2.45, 2.75) is 37.9 Å². The lowest BCUT2D eigenvalue weighted by atomic mass is 9.94. The van der Waals surface area contributed by atoms with Crippen LogP contribution in [-0.2, 0) is 9.47 Å². The van der Waals surface area contributed by atoms with Crippen LogP contribution in [0.5, 0.6) is 0 Å². The molecule has 1 saturated carbocycles. The maximum Gasteiger partial charge on any atom is 0.168 e. The third kappa shape index (κ3) is 2.77. The van der Waals surface area contributed by atoms with E-state index in [2.05, 4.69) is 0 Å². The summed E-state index contributed by atoms with van der Waals surface area (Å²) in [6.07, 6.45) is 4.81. The van der Waals surface area contributed by atoms with Crippen molar-refractivity contribution in [1.82, 2.24) is 0 Å². The van der Waals surface area contributed by atoms with E-state index in [1.165, 1.54) is 6.42 Å². The van der Waals surface area contributed by atoms with E-state index in [4.69, 9.17) is 9.47 Å². The monoisotopic (exact) mass is 160 g/mol. The van der Waals surface area contributed by atoms with Crippen molar-refractivity contribution in [1.29, 1.82) is 0 Å². The van der Waals surface area contributed by atoms with Crippen LogP contribution in [0.4, 0.5) is 0 Å². The van der Waals surface area contributed by atoms with Gasteiger partial charge in [-0.1, -0.05) is 6.42 Å². The normalized spacial score (nSPS) is 23.5. The van der Waals surface area contributed by atoms with Crippen LogP contribution >= 0.6 is 0 Å². The molecule has 0 bridgehead atoms. The Labute approximate surface area is 67.3 Å². The van der Waals surface area contributed by atoms with Gasteiger partial charge in [0, 0.05) is 20.0 Å². The van der Waals surface area contributed by atoms with Crippen molar-refractivity contribution in [3.8, 4) is 0 Å². The highest BCUT2D eigenvalue weighted by molar-refractivity contribution is 4.71. The van der Waals surface area contributed by atoms with E-state index in [1.807, 2.05) is 0 Å². The fraction of sp³-hybridized carbons (Fsp3) is 1.00. The van der Waals surface area contributed by atoms with Gasteiger partial charge in [0.1, 0.15) is 6.79 Å². The van der Waals surface area contributed by atoms with Gasteiger partial charge < -0.3 is 14.6 Å². The molecule has 3 heteroatoms. The second-order valence-corrected chi connectivity index (χ2v) is 3.06. The SMILES string of the molecule is COCOC1(O)CCCCC1. The maximum absolute atomic E-state index is 9.70. The minimum Gasteiger partial charge on any atom is -0.365 e. The van der Waals surface area contributed by atoms with Gasteiger partial charge in [0.15, 0.2) is 5.79 Å². The summed E-state index contributed by atoms with van der Waals surface area (Å²) < 4.78 is 9.88. The van der Waals surface area contributed by atoms with Gasteiger partial charge in [-0.3, -0.25) is 0 Å². The van der Waals surface area contributed by atoms with E-state index >= 15 is 0 Å². The average molecular weight is 160 g/mol. The molecule has 3 nitrogen and oxygen atoms in total. The summed E-state index contributed by atoms with van der Waals surface area (Å²) in [5.41, 5.74) is 0. The molecule has 1 fully saturated rings. The summed E-state index contributed by atoms with van der Waals surface area (Å²) >= 11 is 0. The number of ether oxygens (including phenoxy) is 2. The molecule has 1 aliphatic carbocycles. The standard InChI is InChI=1S/C8H16O3/c1-10-7-11-8(9)5-3-2-4-6-8/h9H,2-7H2,1H3. The van der Waals surface area contributed by atoms with Crippen LogP contribution in [0, 0.1) is 0 Å². The molecule has 0 saturated heterocycles. The van der Waals surface area contributed by atoms with Crippen LogP contribution < -0.4 is 0 Å². The number of hydrogen-bond donors (Lipinski definition) is 1. The van der Waals surface area contributed by atoms with Crippen molar-refractivity contribution >= 4 is 0 Å². The van der Waals surface area contributed by atoms with Gasteiger partial charge >= 0.3 is 0 Å². The Morgan fingerprint density at radius 3 is 2.45 bits per heavy atom. The van der Waals surface area contributed by atoms with E-state index in [0.29, 0.717) is 0 Å². The Hall–Kier alpha value is -0.120. The molecule has 1 N–H and O–H groups in total. The molecule has 0 radical (unpaired) electrons. The summed E-state index contributed by atoms with van der Waals surface area (Å²) in [7, 11) is 1.56. The van der Waals surface area contributed by atoms with E-state index in [9.17, 15) is 5.11 Å². The maximum atomic E-state index is 9.70. The van der Waals surface area contributed by atoms with Gasteiger partial charge in [-0.2, -0.15) is 0 Å². The highest BCUT2D eigenvalue weighted by Crippen LogP contribution is 2.28. The van der Waals surface area contributed by atoms with Gasteiger partial charge in [0.2, 0.25) is 0 Å². The summed E-state index contributed by atoms with van der Waals surface area (Å²) in [6, 6.07) is 0. The van der Waals surface area contributed by atoms with E-state index in [0.717, 1.165) is 25.7 Å². The first-order valence-corrected chi connectivity index (χ1v) is 4.12. The van der Waals surface area contributed by atoms with Crippen LogP contribution in [0.15, 0.2) is 0 Å². The molecular formula is C8H16O3. The van der Waals surface area contributed by atoms with E-state index in [-0.39, 0.29) is 6.79 Å². The fourth-order valence-electron chi connectivity index (χ4n) is 1.42. The van der Waals surface area contributed by atoms with Crippen LogP contribution in [0.25, 0.3) is 0 Å². The zero-order chi connectivity index (χ0) is 8.16. The molecule has 0 aromatic rings. The molecule has 0 unspecified atom stereocenters. The fourth-order valence-corrected chi connectivity index (χ4v) is 1.42. The van der Waals surface area contributed by atoms with Crippen LogP contribution in [0.1, 0.15) is 32.1 Å². The molecule has 66 valence electrons. The third-order valence-corrected chi connectivity index (χ3v) is 2.08. The molecule has 0 aromatic carbocycles. The second-order valence-electron chi connectivity index (χ2n) is 3.06. The Morgan fingerprint density at radius 2 is 1.91 bits per heavy atom. The predicted octanol–water partition coefficient (Wildman–Crippen LogP) is 1.26. The molecular weight excluding hydrogens is 144 g/mol. The van der Waals surface area contributed by atoms with Crippen LogP contribution in [0.2, 0.25) is 0 Å². The predicted molar refractivity (Wildman–Crippen MR) is 41.0 cm³/mol. The van der Waals surface area contributed by atoms with Crippen LogP contribution in [-0.4, -0.2) is 24.8 Å². The Balaban J connectivity index is 2.25. The average Bonchev–Trinajstić information content (AvgIpc) is 2.03. The van der Waals surface area contributed by atoms with Crippen molar-refractivity contribution in [3.63, 3.8) is 0 Å². The molecule has 0 atom stereocenters. The summed E-state index contributed by atoms with van der Waals surface area (Å²) in [6.45, 7) is 0.191. The molecule has 0 heterocycles. The topological polar surface area (TPSA) is 38.7 Å². The van der Waals surface area contributed by atoms with E-state index < -0.39 is 5.79 Å². The summed E-state index contributed by atoms with van der Waals surface area (Å²) in [5.74, 6) is -0.895. The smallest absolute Gasteiger partial charge is 0.168 e. The molecule has 1 rings (SSSR count). The van der Waals surface area contributed by atoms with Gasteiger partial charge in [0.05, 0.1) is 0 Å². The highest BCUT2D eigenvalue weighted by atomic mass is 16.7. The zero-order valence-corrected chi connectivity index (χ0v) is 7.01. The highest BCUT2D eigenvalue weighted by Gasteiger charge is 2.29. The van der Waals surface area contributed by atoms with Crippen LogP contribution in [0.3, 0.4) is 0 Å². The minimum atomic E-state index is -0.895. The Morgan fingerprint density at radius 1 is 1.27 bits per heavy atom. The number of rotatable bonds is 3. The molecule has 0 spiro atoms. The zero-order valence-electron chi connectivity index (χ0n) is 7.01. The number of aliphatic hydroxyl groups is 1. The first-order valence-electron chi connectivity index (χ1n) is 4.12. The lowest BCUT2D eigenvalue weighted by molar-refractivity contribution is -0.255. The first-order chi connectivity index (χ1) is 5.27.